The van der Waals surface area contributed by atoms with E-state index in [1.807, 2.05) is 0 Å². The van der Waals surface area contributed by atoms with Gasteiger partial charge in [0, 0.05) is 24.8 Å². The van der Waals surface area contributed by atoms with Crippen molar-refractivity contribution in [3.63, 3.8) is 0 Å². The summed E-state index contributed by atoms with van der Waals surface area (Å²) >= 11 is 0. The molecule has 0 fully saturated rings. The van der Waals surface area contributed by atoms with Crippen molar-refractivity contribution in [2.75, 3.05) is 17.6 Å². The van der Waals surface area contributed by atoms with Crippen LogP contribution >= 0.6 is 0 Å². The van der Waals surface area contributed by atoms with E-state index in [4.69, 9.17) is 5.73 Å². The third kappa shape index (κ3) is 4.62. The number of anilines is 2. The Morgan fingerprint density at radius 2 is 2.09 bits per heavy atom. The van der Waals surface area contributed by atoms with Crippen LogP contribution in [0.25, 0.3) is 0 Å². The monoisotopic (exact) mass is 301 g/mol. The van der Waals surface area contributed by atoms with Gasteiger partial charge in [0.2, 0.25) is 5.91 Å². The second-order valence-electron chi connectivity index (χ2n) is 5.60. The number of hydrogen-bond donors (Lipinski definition) is 3. The highest BCUT2D eigenvalue weighted by atomic mass is 16.2. The normalized spacial score (nSPS) is 14.1. The average molecular weight is 301 g/mol. The number of allylic oxidation sites excluding steroid dienone is 1. The molecule has 118 valence electrons. The van der Waals surface area contributed by atoms with Crippen molar-refractivity contribution >= 4 is 23.2 Å². The summed E-state index contributed by atoms with van der Waals surface area (Å²) in [6, 6.07) is 4.91. The Kier molecular flexibility index (Phi) is 5.58. The number of nitrogen functional groups attached to an aromatic ring is 1. The average Bonchev–Trinajstić information content (AvgIpc) is 2.49. The number of hydrogen-bond acceptors (Lipinski definition) is 3. The SMILES string of the molecule is CC(=O)Nc1ccc(N)c(C(=O)NCCC2=CCCCC2)c1. The molecule has 1 aromatic rings. The fraction of sp³-hybridized carbons (Fsp3) is 0.412. The molecule has 0 heterocycles. The number of benzene rings is 1. The third-order valence-electron chi connectivity index (χ3n) is 3.73. The lowest BCUT2D eigenvalue weighted by molar-refractivity contribution is -0.114. The van der Waals surface area contributed by atoms with E-state index in [1.54, 1.807) is 18.2 Å². The van der Waals surface area contributed by atoms with E-state index < -0.39 is 0 Å². The molecule has 1 aliphatic rings. The highest BCUT2D eigenvalue weighted by Gasteiger charge is 2.11. The van der Waals surface area contributed by atoms with Crippen molar-refractivity contribution in [3.05, 3.63) is 35.4 Å². The second kappa shape index (κ2) is 7.64. The summed E-state index contributed by atoms with van der Waals surface area (Å²) in [4.78, 5) is 23.3. The Morgan fingerprint density at radius 3 is 2.77 bits per heavy atom. The Morgan fingerprint density at radius 1 is 1.27 bits per heavy atom. The van der Waals surface area contributed by atoms with Gasteiger partial charge >= 0.3 is 0 Å². The highest BCUT2D eigenvalue weighted by Crippen LogP contribution is 2.20. The predicted octanol–water partition coefficient (Wildman–Crippen LogP) is 2.85. The van der Waals surface area contributed by atoms with Gasteiger partial charge in [0.1, 0.15) is 0 Å². The lowest BCUT2D eigenvalue weighted by Crippen LogP contribution is -2.26. The summed E-state index contributed by atoms with van der Waals surface area (Å²) in [5.41, 5.74) is 8.64. The maximum atomic E-state index is 12.2. The first-order valence-corrected chi connectivity index (χ1v) is 7.69. The molecule has 0 bridgehead atoms. The van der Waals surface area contributed by atoms with Gasteiger partial charge in [-0.25, -0.2) is 0 Å². The molecule has 5 nitrogen and oxygen atoms in total. The minimum atomic E-state index is -0.207. The van der Waals surface area contributed by atoms with Crippen LogP contribution in [0.1, 0.15) is 49.4 Å². The van der Waals surface area contributed by atoms with Crippen LogP contribution in [0.15, 0.2) is 29.8 Å². The van der Waals surface area contributed by atoms with Crippen molar-refractivity contribution in [1.29, 1.82) is 0 Å². The molecule has 0 saturated heterocycles. The Labute approximate surface area is 131 Å². The molecule has 0 aromatic heterocycles. The molecule has 0 radical (unpaired) electrons. The molecule has 0 aliphatic heterocycles. The summed E-state index contributed by atoms with van der Waals surface area (Å²) < 4.78 is 0. The zero-order valence-electron chi connectivity index (χ0n) is 12.9. The number of rotatable bonds is 5. The Balaban J connectivity index is 1.93. The van der Waals surface area contributed by atoms with Gasteiger partial charge in [0.15, 0.2) is 0 Å². The number of nitrogens with two attached hydrogens (primary N) is 1. The number of nitrogens with one attached hydrogen (secondary N) is 2. The molecule has 0 saturated carbocycles. The fourth-order valence-corrected chi connectivity index (χ4v) is 2.60. The maximum Gasteiger partial charge on any atom is 0.253 e. The Bertz CT molecular complexity index is 594. The lowest BCUT2D eigenvalue weighted by atomic mass is 9.97. The summed E-state index contributed by atoms with van der Waals surface area (Å²) in [5, 5.41) is 5.55. The van der Waals surface area contributed by atoms with E-state index in [0.29, 0.717) is 23.5 Å². The molecular weight excluding hydrogens is 278 g/mol. The van der Waals surface area contributed by atoms with Gasteiger partial charge in [-0.3, -0.25) is 9.59 Å². The van der Waals surface area contributed by atoms with Crippen molar-refractivity contribution in [2.45, 2.75) is 39.0 Å². The van der Waals surface area contributed by atoms with E-state index in [2.05, 4.69) is 16.7 Å². The first kappa shape index (κ1) is 16.1. The van der Waals surface area contributed by atoms with Gasteiger partial charge in [-0.15, -0.1) is 0 Å². The molecular formula is C17H23N3O2. The van der Waals surface area contributed by atoms with E-state index in [0.717, 1.165) is 19.3 Å². The minimum absolute atomic E-state index is 0.180. The van der Waals surface area contributed by atoms with E-state index in [1.165, 1.54) is 25.3 Å². The van der Waals surface area contributed by atoms with E-state index in [9.17, 15) is 9.59 Å². The molecule has 22 heavy (non-hydrogen) atoms. The largest absolute Gasteiger partial charge is 0.398 e. The van der Waals surface area contributed by atoms with Crippen LogP contribution in [0.3, 0.4) is 0 Å². The second-order valence-corrected chi connectivity index (χ2v) is 5.60. The van der Waals surface area contributed by atoms with Gasteiger partial charge < -0.3 is 16.4 Å². The van der Waals surface area contributed by atoms with Crippen LogP contribution in [0, 0.1) is 0 Å². The number of carbonyl (C=O) groups excluding carboxylic acids is 2. The molecule has 4 N–H and O–H groups in total. The number of amides is 2. The molecule has 1 aliphatic carbocycles. The molecule has 0 unspecified atom stereocenters. The minimum Gasteiger partial charge on any atom is -0.398 e. The van der Waals surface area contributed by atoms with Crippen LogP contribution < -0.4 is 16.4 Å². The van der Waals surface area contributed by atoms with Crippen molar-refractivity contribution < 1.29 is 9.59 Å². The smallest absolute Gasteiger partial charge is 0.253 e. The first-order valence-electron chi connectivity index (χ1n) is 7.69. The predicted molar refractivity (Wildman–Crippen MR) is 88.7 cm³/mol. The van der Waals surface area contributed by atoms with Crippen molar-refractivity contribution in [1.82, 2.24) is 5.32 Å². The molecule has 2 rings (SSSR count). The highest BCUT2D eigenvalue weighted by molar-refractivity contribution is 6.01. The van der Waals surface area contributed by atoms with Crippen LogP contribution in [-0.2, 0) is 4.79 Å². The van der Waals surface area contributed by atoms with Crippen LogP contribution in [0.4, 0.5) is 11.4 Å². The van der Waals surface area contributed by atoms with Crippen LogP contribution in [-0.4, -0.2) is 18.4 Å². The molecule has 0 atom stereocenters. The maximum absolute atomic E-state index is 12.2. The summed E-state index contributed by atoms with van der Waals surface area (Å²) in [7, 11) is 0. The van der Waals surface area contributed by atoms with Gasteiger partial charge in [-0.1, -0.05) is 11.6 Å². The molecule has 2 amide bonds. The quantitative estimate of drug-likeness (QED) is 0.577. The lowest BCUT2D eigenvalue weighted by Gasteiger charge is -2.13. The zero-order chi connectivity index (χ0) is 15.9. The van der Waals surface area contributed by atoms with E-state index in [-0.39, 0.29) is 11.8 Å². The summed E-state index contributed by atoms with van der Waals surface area (Å²) in [5.74, 6) is -0.388. The summed E-state index contributed by atoms with van der Waals surface area (Å²) in [6.45, 7) is 2.03. The van der Waals surface area contributed by atoms with Crippen LogP contribution in [0.2, 0.25) is 0 Å². The number of carbonyl (C=O) groups is 2. The van der Waals surface area contributed by atoms with Gasteiger partial charge in [0.05, 0.1) is 5.56 Å². The van der Waals surface area contributed by atoms with Gasteiger partial charge in [0.25, 0.3) is 5.91 Å². The first-order chi connectivity index (χ1) is 10.6. The topological polar surface area (TPSA) is 84.2 Å². The molecule has 5 heteroatoms. The Hall–Kier alpha value is -2.30. The zero-order valence-corrected chi connectivity index (χ0v) is 12.9. The van der Waals surface area contributed by atoms with Crippen LogP contribution in [0.5, 0.6) is 0 Å². The van der Waals surface area contributed by atoms with E-state index >= 15 is 0 Å². The third-order valence-corrected chi connectivity index (χ3v) is 3.73. The molecule has 1 aromatic carbocycles. The summed E-state index contributed by atoms with van der Waals surface area (Å²) in [6.07, 6.45) is 7.96. The molecule has 0 spiro atoms. The van der Waals surface area contributed by atoms with Crippen molar-refractivity contribution in [2.24, 2.45) is 0 Å². The fourth-order valence-electron chi connectivity index (χ4n) is 2.60. The van der Waals surface area contributed by atoms with Crippen molar-refractivity contribution in [3.8, 4) is 0 Å². The standard InChI is InChI=1S/C17H23N3O2/c1-12(21)20-14-7-8-16(18)15(11-14)17(22)19-10-9-13-5-3-2-4-6-13/h5,7-8,11H,2-4,6,9-10,18H2,1H3,(H,19,22)(H,20,21). The van der Waals surface area contributed by atoms with Gasteiger partial charge in [-0.05, 0) is 50.3 Å². The van der Waals surface area contributed by atoms with Gasteiger partial charge in [-0.2, -0.15) is 0 Å².